The van der Waals surface area contributed by atoms with Gasteiger partial charge in [-0.15, -0.1) is 0 Å². The highest BCUT2D eigenvalue weighted by molar-refractivity contribution is 6.32. The number of halogens is 3. The zero-order valence-electron chi connectivity index (χ0n) is 26.6. The number of hydrogen-bond acceptors (Lipinski definition) is 9. The third kappa shape index (κ3) is 7.21. The minimum atomic E-state index is -0.786. The van der Waals surface area contributed by atoms with Crippen LogP contribution in [0.1, 0.15) is 28.9 Å². The van der Waals surface area contributed by atoms with E-state index in [9.17, 15) is 18.4 Å². The summed E-state index contributed by atoms with van der Waals surface area (Å²) in [6.45, 7) is 1.67. The van der Waals surface area contributed by atoms with Gasteiger partial charge in [-0.05, 0) is 55.7 Å². The molecule has 0 radical (unpaired) electrons. The molecule has 1 N–H and O–H groups in total. The molecule has 1 aliphatic heterocycles. The van der Waals surface area contributed by atoms with Crippen LogP contribution in [0, 0.1) is 11.6 Å². The molecule has 0 saturated carbocycles. The van der Waals surface area contributed by atoms with E-state index in [1.807, 2.05) is 0 Å². The van der Waals surface area contributed by atoms with Gasteiger partial charge in [0.25, 0.3) is 11.5 Å². The Labute approximate surface area is 284 Å². The molecular weight excluding hydrogens is 664 g/mol. The van der Waals surface area contributed by atoms with Crippen molar-refractivity contribution in [1.29, 1.82) is 0 Å². The maximum absolute atomic E-state index is 14.7. The van der Waals surface area contributed by atoms with Crippen LogP contribution in [-0.2, 0) is 22.4 Å². The van der Waals surface area contributed by atoms with E-state index >= 15 is 0 Å². The molecular formula is C34H32ClF2N5O7. The summed E-state index contributed by atoms with van der Waals surface area (Å²) in [6.07, 6.45) is 3.20. The van der Waals surface area contributed by atoms with E-state index < -0.39 is 23.1 Å². The summed E-state index contributed by atoms with van der Waals surface area (Å²) in [4.78, 5) is 35.8. The van der Waals surface area contributed by atoms with Crippen molar-refractivity contribution in [2.45, 2.75) is 25.8 Å². The molecule has 0 atom stereocenters. The third-order valence-electron chi connectivity index (χ3n) is 7.80. The fourth-order valence-corrected chi connectivity index (χ4v) is 5.74. The number of aromatic nitrogens is 4. The number of fused-ring (bicyclic) bond motifs is 2. The van der Waals surface area contributed by atoms with Gasteiger partial charge in [-0.1, -0.05) is 11.6 Å². The maximum Gasteiger partial charge on any atom is 0.284 e. The maximum atomic E-state index is 14.7. The van der Waals surface area contributed by atoms with Crippen molar-refractivity contribution in [1.82, 2.24) is 19.3 Å². The molecule has 15 heteroatoms. The number of carbonyl (C=O) groups excluding carboxylic acids is 1. The lowest BCUT2D eigenvalue weighted by molar-refractivity contribution is 0.102. The molecule has 1 aliphatic rings. The largest absolute Gasteiger partial charge is 0.487 e. The van der Waals surface area contributed by atoms with Gasteiger partial charge >= 0.3 is 0 Å². The van der Waals surface area contributed by atoms with Crippen LogP contribution in [0.2, 0.25) is 5.02 Å². The van der Waals surface area contributed by atoms with Gasteiger partial charge in [-0.2, -0.15) is 0 Å². The van der Waals surface area contributed by atoms with E-state index in [0.717, 1.165) is 29.3 Å². The number of amides is 1. The molecule has 256 valence electrons. The fourth-order valence-electron chi connectivity index (χ4n) is 5.52. The zero-order valence-corrected chi connectivity index (χ0v) is 27.4. The second kappa shape index (κ2) is 15.0. The number of nitrogens with zero attached hydrogens (tertiary/aromatic N) is 4. The average Bonchev–Trinajstić information content (AvgIpc) is 3.39. The first-order valence-electron chi connectivity index (χ1n) is 15.4. The van der Waals surface area contributed by atoms with E-state index in [4.69, 9.17) is 35.3 Å². The lowest BCUT2D eigenvalue weighted by Gasteiger charge is -2.19. The van der Waals surface area contributed by atoms with Gasteiger partial charge < -0.3 is 29.0 Å². The quantitative estimate of drug-likeness (QED) is 0.149. The van der Waals surface area contributed by atoms with Crippen LogP contribution in [0.25, 0.3) is 16.6 Å². The van der Waals surface area contributed by atoms with Crippen molar-refractivity contribution in [2.24, 2.45) is 0 Å². The molecule has 2 aromatic heterocycles. The number of hydrogen-bond donors (Lipinski definition) is 1. The van der Waals surface area contributed by atoms with Gasteiger partial charge in [0.1, 0.15) is 48.2 Å². The summed E-state index contributed by atoms with van der Waals surface area (Å²) in [5, 5.41) is 3.37. The van der Waals surface area contributed by atoms with Gasteiger partial charge in [-0.3, -0.25) is 14.3 Å². The summed E-state index contributed by atoms with van der Waals surface area (Å²) in [5.41, 5.74) is 0.0746. The van der Waals surface area contributed by atoms with Crippen molar-refractivity contribution in [2.75, 3.05) is 46.0 Å². The molecule has 0 unspecified atom stereocenters. The summed E-state index contributed by atoms with van der Waals surface area (Å²) >= 11 is 6.60. The number of benzene rings is 3. The summed E-state index contributed by atoms with van der Waals surface area (Å²) < 4.78 is 59.4. The number of nitrogens with one attached hydrogen (secondary N) is 1. The molecule has 3 aromatic carbocycles. The summed E-state index contributed by atoms with van der Waals surface area (Å²) in [5.74, 6) is -0.896. The van der Waals surface area contributed by atoms with Gasteiger partial charge in [0, 0.05) is 38.6 Å². The van der Waals surface area contributed by atoms with Crippen molar-refractivity contribution in [3.63, 3.8) is 0 Å². The van der Waals surface area contributed by atoms with Crippen LogP contribution < -0.4 is 25.1 Å². The normalized spacial score (nSPS) is 12.5. The van der Waals surface area contributed by atoms with Crippen molar-refractivity contribution < 1.29 is 37.3 Å². The smallest absolute Gasteiger partial charge is 0.284 e. The standard InChI is InChI=1S/C34H32ClF2N5O7/c1-45-11-13-47-29-17-22-25(18-30(29)48-14-12-46-2)38-19-39-33(22)49-28-9-7-21(16-23(28)35)40-32(43)31-26-5-3-4-10-41(26)42(34(31)44)27-15-20(36)6-8-24(27)37/h6-9,15-19H,3-5,10-14H2,1-2H3,(H,40,43). The van der Waals surface area contributed by atoms with Crippen molar-refractivity contribution >= 4 is 34.1 Å². The van der Waals surface area contributed by atoms with Crippen molar-refractivity contribution in [3.05, 3.63) is 93.1 Å². The number of ether oxygens (including phenoxy) is 5. The first-order chi connectivity index (χ1) is 23.8. The molecule has 0 saturated heterocycles. The molecule has 6 rings (SSSR count). The van der Waals surface area contributed by atoms with Gasteiger partial charge in [0.15, 0.2) is 11.5 Å². The fraction of sp³-hybridized carbons (Fsp3) is 0.294. The molecule has 49 heavy (non-hydrogen) atoms. The third-order valence-corrected chi connectivity index (χ3v) is 8.09. The van der Waals surface area contributed by atoms with Crippen molar-refractivity contribution in [3.8, 4) is 28.8 Å². The Kier molecular flexibility index (Phi) is 10.4. The van der Waals surface area contributed by atoms with E-state index in [2.05, 4.69) is 15.3 Å². The molecule has 0 aliphatic carbocycles. The lowest BCUT2D eigenvalue weighted by Crippen LogP contribution is -2.26. The monoisotopic (exact) mass is 695 g/mol. The van der Waals surface area contributed by atoms with Gasteiger partial charge in [0.05, 0.1) is 34.8 Å². The molecule has 0 bridgehead atoms. The number of methoxy groups -OCH3 is 2. The Balaban J connectivity index is 1.26. The molecule has 3 heterocycles. The molecule has 1 amide bonds. The highest BCUT2D eigenvalue weighted by atomic mass is 35.5. The summed E-state index contributed by atoms with van der Waals surface area (Å²) in [7, 11) is 3.15. The van der Waals surface area contributed by atoms with E-state index in [0.29, 0.717) is 67.3 Å². The topological polar surface area (TPSA) is 128 Å². The predicted octanol–water partition coefficient (Wildman–Crippen LogP) is 5.95. The van der Waals surface area contributed by atoms with E-state index in [1.54, 1.807) is 38.5 Å². The van der Waals surface area contributed by atoms with Gasteiger partial charge in [-0.25, -0.2) is 23.4 Å². The van der Waals surface area contributed by atoms with E-state index in [1.165, 1.54) is 17.1 Å². The Morgan fingerprint density at radius 3 is 2.41 bits per heavy atom. The highest BCUT2D eigenvalue weighted by Crippen LogP contribution is 2.38. The van der Waals surface area contributed by atoms with E-state index in [-0.39, 0.29) is 40.2 Å². The van der Waals surface area contributed by atoms with Crippen LogP contribution >= 0.6 is 11.6 Å². The summed E-state index contributed by atoms with van der Waals surface area (Å²) in [6, 6.07) is 10.8. The highest BCUT2D eigenvalue weighted by Gasteiger charge is 2.29. The van der Waals surface area contributed by atoms with Gasteiger partial charge in [0.2, 0.25) is 5.88 Å². The van der Waals surface area contributed by atoms with Crippen LogP contribution in [-0.4, -0.2) is 65.9 Å². The molecule has 5 aromatic rings. The van der Waals surface area contributed by atoms with Crippen LogP contribution in [0.3, 0.4) is 0 Å². The average molecular weight is 696 g/mol. The Morgan fingerprint density at radius 2 is 1.67 bits per heavy atom. The molecule has 0 fully saturated rings. The molecule has 12 nitrogen and oxygen atoms in total. The minimum absolute atomic E-state index is 0.138. The Hall–Kier alpha value is -5.05. The first kappa shape index (κ1) is 33.8. The first-order valence-corrected chi connectivity index (χ1v) is 15.8. The second-order valence-electron chi connectivity index (χ2n) is 11.0. The number of rotatable bonds is 13. The minimum Gasteiger partial charge on any atom is -0.487 e. The Bertz CT molecular complexity index is 2070. The predicted molar refractivity (Wildman–Crippen MR) is 177 cm³/mol. The SMILES string of the molecule is COCCOc1cc2ncnc(Oc3ccc(NC(=O)c4c5n(n(-c6cc(F)ccc6F)c4=O)CCCC5)cc3Cl)c2cc1OCCOC. The number of carbonyl (C=O) groups is 1. The molecule has 0 spiro atoms. The van der Waals surface area contributed by atoms with Crippen LogP contribution in [0.5, 0.6) is 23.1 Å². The zero-order chi connectivity index (χ0) is 34.5. The second-order valence-corrected chi connectivity index (χ2v) is 11.4. The van der Waals surface area contributed by atoms with Crippen LogP contribution in [0.15, 0.2) is 59.7 Å². The van der Waals surface area contributed by atoms with Crippen LogP contribution in [0.4, 0.5) is 14.5 Å². The number of anilines is 1. The Morgan fingerprint density at radius 1 is 0.918 bits per heavy atom. The lowest BCUT2D eigenvalue weighted by atomic mass is 10.1.